The first kappa shape index (κ1) is 17.3. The standard InChI is InChI=1S/C20H20O4/c1-4-5-15-8-13-19(23-2)17(20(15)24-3)11-12-18(22)14-6-9-16(21)10-7-14/h4,6-13,21H,1,5H2,2-3H3. The van der Waals surface area contributed by atoms with Crippen LogP contribution in [0.2, 0.25) is 0 Å². The van der Waals surface area contributed by atoms with Crippen molar-refractivity contribution in [3.05, 3.63) is 71.8 Å². The van der Waals surface area contributed by atoms with Crippen LogP contribution in [-0.2, 0) is 6.42 Å². The second-order valence-electron chi connectivity index (χ2n) is 5.11. The Morgan fingerprint density at radius 1 is 1.12 bits per heavy atom. The van der Waals surface area contributed by atoms with Gasteiger partial charge in [-0.1, -0.05) is 12.1 Å². The largest absolute Gasteiger partial charge is 0.508 e. The first-order valence-corrected chi connectivity index (χ1v) is 7.47. The van der Waals surface area contributed by atoms with Gasteiger partial charge < -0.3 is 14.6 Å². The summed E-state index contributed by atoms with van der Waals surface area (Å²) in [5.74, 6) is 1.22. The third-order valence-electron chi connectivity index (χ3n) is 3.58. The zero-order chi connectivity index (χ0) is 17.5. The maximum atomic E-state index is 12.3. The van der Waals surface area contributed by atoms with Crippen molar-refractivity contribution >= 4 is 11.9 Å². The maximum Gasteiger partial charge on any atom is 0.185 e. The molecule has 0 aliphatic rings. The van der Waals surface area contributed by atoms with Crippen molar-refractivity contribution in [3.8, 4) is 17.2 Å². The fraction of sp³-hybridized carbons (Fsp3) is 0.150. The van der Waals surface area contributed by atoms with Gasteiger partial charge in [-0.15, -0.1) is 6.58 Å². The molecule has 0 aliphatic heterocycles. The van der Waals surface area contributed by atoms with E-state index in [2.05, 4.69) is 6.58 Å². The fourth-order valence-electron chi connectivity index (χ4n) is 2.40. The summed E-state index contributed by atoms with van der Waals surface area (Å²) in [6, 6.07) is 9.86. The lowest BCUT2D eigenvalue weighted by atomic mass is 10.0. The predicted octanol–water partition coefficient (Wildman–Crippen LogP) is 4.03. The van der Waals surface area contributed by atoms with Gasteiger partial charge in [0.25, 0.3) is 0 Å². The highest BCUT2D eigenvalue weighted by atomic mass is 16.5. The van der Waals surface area contributed by atoms with E-state index in [1.807, 2.05) is 12.1 Å². The molecule has 4 heteroatoms. The lowest BCUT2D eigenvalue weighted by Gasteiger charge is -2.14. The summed E-state index contributed by atoms with van der Waals surface area (Å²) < 4.78 is 10.9. The van der Waals surface area contributed by atoms with E-state index in [0.29, 0.717) is 29.0 Å². The topological polar surface area (TPSA) is 55.8 Å². The molecule has 0 aliphatic carbocycles. The van der Waals surface area contributed by atoms with E-state index < -0.39 is 0 Å². The molecule has 0 fully saturated rings. The Hall–Kier alpha value is -3.01. The number of methoxy groups -OCH3 is 2. The molecular weight excluding hydrogens is 304 g/mol. The second-order valence-corrected chi connectivity index (χ2v) is 5.11. The van der Waals surface area contributed by atoms with Gasteiger partial charge >= 0.3 is 0 Å². The van der Waals surface area contributed by atoms with Crippen LogP contribution in [0.1, 0.15) is 21.5 Å². The van der Waals surface area contributed by atoms with Crippen LogP contribution in [0, 0.1) is 0 Å². The van der Waals surface area contributed by atoms with Gasteiger partial charge in [0, 0.05) is 5.56 Å². The normalized spacial score (nSPS) is 10.6. The van der Waals surface area contributed by atoms with Crippen molar-refractivity contribution in [1.29, 1.82) is 0 Å². The van der Waals surface area contributed by atoms with Crippen molar-refractivity contribution in [3.63, 3.8) is 0 Å². The Labute approximate surface area is 141 Å². The number of hydrogen-bond donors (Lipinski definition) is 1. The quantitative estimate of drug-likeness (QED) is 0.474. The van der Waals surface area contributed by atoms with Crippen LogP contribution in [0.4, 0.5) is 0 Å². The van der Waals surface area contributed by atoms with Crippen LogP contribution >= 0.6 is 0 Å². The first-order valence-electron chi connectivity index (χ1n) is 7.47. The van der Waals surface area contributed by atoms with E-state index in [4.69, 9.17) is 9.47 Å². The summed E-state index contributed by atoms with van der Waals surface area (Å²) in [4.78, 5) is 12.3. The predicted molar refractivity (Wildman–Crippen MR) is 94.9 cm³/mol. The van der Waals surface area contributed by atoms with Crippen LogP contribution in [0.3, 0.4) is 0 Å². The molecule has 0 saturated carbocycles. The molecule has 0 unspecified atom stereocenters. The van der Waals surface area contributed by atoms with Crippen LogP contribution in [0.15, 0.2) is 55.1 Å². The fourth-order valence-corrected chi connectivity index (χ4v) is 2.40. The molecule has 0 amide bonds. The lowest BCUT2D eigenvalue weighted by Crippen LogP contribution is -1.98. The van der Waals surface area contributed by atoms with Gasteiger partial charge in [-0.2, -0.15) is 0 Å². The minimum atomic E-state index is -0.173. The summed E-state index contributed by atoms with van der Waals surface area (Å²) in [5.41, 5.74) is 2.15. The molecule has 0 atom stereocenters. The van der Waals surface area contributed by atoms with Gasteiger partial charge in [0.15, 0.2) is 5.78 Å². The molecule has 2 aromatic rings. The Bertz CT molecular complexity index is 758. The third-order valence-corrected chi connectivity index (χ3v) is 3.58. The van der Waals surface area contributed by atoms with E-state index in [1.165, 1.54) is 18.2 Å². The zero-order valence-corrected chi connectivity index (χ0v) is 13.8. The Morgan fingerprint density at radius 2 is 1.83 bits per heavy atom. The average molecular weight is 324 g/mol. The van der Waals surface area contributed by atoms with Crippen molar-refractivity contribution in [2.75, 3.05) is 14.2 Å². The van der Waals surface area contributed by atoms with Crippen LogP contribution in [0.25, 0.3) is 6.08 Å². The van der Waals surface area contributed by atoms with E-state index in [1.54, 1.807) is 38.5 Å². The van der Waals surface area contributed by atoms with Crippen molar-refractivity contribution < 1.29 is 19.4 Å². The van der Waals surface area contributed by atoms with Gasteiger partial charge in [-0.05, 0) is 54.5 Å². The van der Waals surface area contributed by atoms with Gasteiger partial charge in [-0.3, -0.25) is 4.79 Å². The molecule has 0 aromatic heterocycles. The van der Waals surface area contributed by atoms with Gasteiger partial charge in [0.2, 0.25) is 0 Å². The summed E-state index contributed by atoms with van der Waals surface area (Å²) in [7, 11) is 3.15. The molecule has 0 heterocycles. The summed E-state index contributed by atoms with van der Waals surface area (Å²) in [6.07, 6.45) is 5.59. The molecule has 0 bridgehead atoms. The number of rotatable bonds is 7. The molecule has 0 saturated heterocycles. The highest BCUT2D eigenvalue weighted by Gasteiger charge is 2.12. The molecule has 1 N–H and O–H groups in total. The number of benzene rings is 2. The molecule has 2 rings (SSSR count). The van der Waals surface area contributed by atoms with Crippen molar-refractivity contribution in [2.24, 2.45) is 0 Å². The number of ketones is 1. The molecule has 0 radical (unpaired) electrons. The molecule has 24 heavy (non-hydrogen) atoms. The lowest BCUT2D eigenvalue weighted by molar-refractivity contribution is 0.104. The Morgan fingerprint density at radius 3 is 2.42 bits per heavy atom. The summed E-state index contributed by atoms with van der Waals surface area (Å²) >= 11 is 0. The van der Waals surface area contributed by atoms with E-state index in [9.17, 15) is 9.90 Å². The first-order chi connectivity index (χ1) is 11.6. The van der Waals surface area contributed by atoms with Crippen molar-refractivity contribution in [1.82, 2.24) is 0 Å². The molecular formula is C20H20O4. The number of allylic oxidation sites excluding steroid dienone is 2. The van der Waals surface area contributed by atoms with Gasteiger partial charge in [-0.25, -0.2) is 0 Å². The van der Waals surface area contributed by atoms with Crippen LogP contribution in [0.5, 0.6) is 17.2 Å². The number of hydrogen-bond acceptors (Lipinski definition) is 4. The molecule has 2 aromatic carbocycles. The second kappa shape index (κ2) is 8.02. The van der Waals surface area contributed by atoms with E-state index >= 15 is 0 Å². The molecule has 124 valence electrons. The number of phenolic OH excluding ortho intramolecular Hbond substituents is 1. The maximum absolute atomic E-state index is 12.3. The van der Waals surface area contributed by atoms with Gasteiger partial charge in [0.05, 0.1) is 19.8 Å². The number of phenols is 1. The number of ether oxygens (including phenoxy) is 2. The minimum absolute atomic E-state index is 0.121. The van der Waals surface area contributed by atoms with Crippen LogP contribution < -0.4 is 9.47 Å². The summed E-state index contributed by atoms with van der Waals surface area (Å²) in [6.45, 7) is 3.75. The number of carbonyl (C=O) groups is 1. The summed E-state index contributed by atoms with van der Waals surface area (Å²) in [5, 5.41) is 9.29. The minimum Gasteiger partial charge on any atom is -0.508 e. The number of aromatic hydroxyl groups is 1. The Kier molecular flexibility index (Phi) is 5.79. The third kappa shape index (κ3) is 3.84. The van der Waals surface area contributed by atoms with Crippen LogP contribution in [-0.4, -0.2) is 25.1 Å². The zero-order valence-electron chi connectivity index (χ0n) is 13.8. The highest BCUT2D eigenvalue weighted by molar-refractivity contribution is 6.07. The average Bonchev–Trinajstić information content (AvgIpc) is 2.60. The molecule has 0 spiro atoms. The van der Waals surface area contributed by atoms with Crippen molar-refractivity contribution in [2.45, 2.75) is 6.42 Å². The SMILES string of the molecule is C=CCc1ccc(OC)c(C=CC(=O)c2ccc(O)cc2)c1OC. The monoisotopic (exact) mass is 324 g/mol. The Balaban J connectivity index is 2.39. The van der Waals surface area contributed by atoms with Gasteiger partial charge in [0.1, 0.15) is 17.2 Å². The highest BCUT2D eigenvalue weighted by Crippen LogP contribution is 2.34. The van der Waals surface area contributed by atoms with E-state index in [0.717, 1.165) is 5.56 Å². The van der Waals surface area contributed by atoms with E-state index in [-0.39, 0.29) is 11.5 Å². The smallest absolute Gasteiger partial charge is 0.185 e. The number of carbonyl (C=O) groups excluding carboxylic acids is 1. The molecule has 4 nitrogen and oxygen atoms in total.